The van der Waals surface area contributed by atoms with Crippen molar-refractivity contribution in [2.75, 3.05) is 0 Å². The molecule has 0 rings (SSSR count). The standard InChI is InChI=1S/H2INO3S.Na/c1-2-6(3,4)5;/h2H,(H,3,4,5);/q;+1/p-1. The maximum absolute atomic E-state index is 9.33. The maximum Gasteiger partial charge on any atom is 1.00 e. The van der Waals surface area contributed by atoms with Crippen LogP contribution in [0, 0.1) is 0 Å². The average Bonchev–Trinajstić information content (AvgIpc) is 1.35. The third-order valence-corrected chi connectivity index (χ3v) is 1.90. The van der Waals surface area contributed by atoms with Gasteiger partial charge >= 0.3 is 29.6 Å². The van der Waals surface area contributed by atoms with E-state index < -0.39 is 10.3 Å². The van der Waals surface area contributed by atoms with Crippen LogP contribution < -0.4 is 32.5 Å². The van der Waals surface area contributed by atoms with E-state index in [2.05, 4.69) is 0 Å². The van der Waals surface area contributed by atoms with E-state index in [-0.39, 0.29) is 29.6 Å². The summed E-state index contributed by atoms with van der Waals surface area (Å²) < 4.78 is 29.5. The van der Waals surface area contributed by atoms with Crippen LogP contribution in [0.25, 0.3) is 0 Å². The summed E-state index contributed by atoms with van der Waals surface area (Å²) in [5, 5.41) is 0. The Balaban J connectivity index is 0. The number of hydrogen-bond donors (Lipinski definition) is 1. The van der Waals surface area contributed by atoms with Gasteiger partial charge in [-0.2, -0.15) is 2.94 Å². The van der Waals surface area contributed by atoms with Crippen molar-refractivity contribution >= 4 is 33.2 Å². The van der Waals surface area contributed by atoms with Gasteiger partial charge in [0, 0.05) is 22.9 Å². The fourth-order valence-corrected chi connectivity index (χ4v) is 0. The molecule has 0 heterocycles. The zero-order valence-corrected chi connectivity index (χ0v) is 8.48. The van der Waals surface area contributed by atoms with Crippen LogP contribution in [-0.4, -0.2) is 13.0 Å². The molecule has 0 aliphatic rings. The Morgan fingerprint density at radius 2 is 1.71 bits per heavy atom. The van der Waals surface area contributed by atoms with Gasteiger partial charge in [-0.25, -0.2) is 8.42 Å². The van der Waals surface area contributed by atoms with Crippen LogP contribution in [0.4, 0.5) is 0 Å². The summed E-state index contributed by atoms with van der Waals surface area (Å²) in [6, 6.07) is 0. The van der Waals surface area contributed by atoms with E-state index in [0.29, 0.717) is 0 Å². The Morgan fingerprint density at radius 1 is 1.57 bits per heavy atom. The molecule has 0 saturated heterocycles. The molecule has 7 heteroatoms. The van der Waals surface area contributed by atoms with Crippen molar-refractivity contribution in [2.24, 2.45) is 0 Å². The average molecular weight is 245 g/mol. The molecule has 0 fully saturated rings. The van der Waals surface area contributed by atoms with E-state index in [9.17, 15) is 13.0 Å². The van der Waals surface area contributed by atoms with Gasteiger partial charge in [-0.1, -0.05) is 0 Å². The van der Waals surface area contributed by atoms with Gasteiger partial charge in [0.1, 0.15) is 0 Å². The zero-order chi connectivity index (χ0) is 5.21. The molecule has 0 aliphatic carbocycles. The van der Waals surface area contributed by atoms with E-state index in [1.807, 2.05) is 0 Å². The predicted octanol–water partition coefficient (Wildman–Crippen LogP) is -3.61. The first kappa shape index (κ1) is 11.4. The predicted molar refractivity (Wildman–Crippen MR) is 26.9 cm³/mol. The first-order chi connectivity index (χ1) is 2.56. The van der Waals surface area contributed by atoms with Gasteiger partial charge in [0.15, 0.2) is 10.3 Å². The van der Waals surface area contributed by atoms with Gasteiger partial charge in [0.2, 0.25) is 0 Å². The van der Waals surface area contributed by atoms with E-state index in [4.69, 9.17) is 0 Å². The smallest absolute Gasteiger partial charge is 0.735 e. The first-order valence-corrected chi connectivity index (χ1v) is 3.38. The fraction of sp³-hybridized carbons (Fsp3) is 0. The molecule has 0 aromatic carbocycles. The molecule has 7 heavy (non-hydrogen) atoms. The number of halogens is 1. The van der Waals surface area contributed by atoms with Crippen molar-refractivity contribution in [3.8, 4) is 0 Å². The SMILES string of the molecule is O=S(=O)([O-])NI.[Na+]. The van der Waals surface area contributed by atoms with E-state index in [1.165, 1.54) is 25.8 Å². The summed E-state index contributed by atoms with van der Waals surface area (Å²) in [5.41, 5.74) is 0. The molecule has 0 aromatic heterocycles. The molecule has 0 saturated carbocycles. The minimum absolute atomic E-state index is 0. The van der Waals surface area contributed by atoms with Crippen molar-refractivity contribution in [3.05, 3.63) is 0 Å². The minimum atomic E-state index is -4.18. The molecule has 0 aromatic rings. The summed E-state index contributed by atoms with van der Waals surface area (Å²) in [7, 11) is -4.18. The summed E-state index contributed by atoms with van der Waals surface area (Å²) in [4.78, 5) is 0. The second-order valence-corrected chi connectivity index (χ2v) is 2.92. The van der Waals surface area contributed by atoms with Gasteiger partial charge in [0.25, 0.3) is 0 Å². The van der Waals surface area contributed by atoms with Crippen LogP contribution in [0.1, 0.15) is 0 Å². The zero-order valence-electron chi connectivity index (χ0n) is 3.51. The Kier molecular flexibility index (Phi) is 7.29. The molecule has 1 N–H and O–H groups in total. The van der Waals surface area contributed by atoms with Gasteiger partial charge < -0.3 is 4.55 Å². The molecule has 38 valence electrons. The molecule has 0 radical (unpaired) electrons. The first-order valence-electron chi connectivity index (χ1n) is 0.893. The van der Waals surface area contributed by atoms with Crippen LogP contribution in [0.5, 0.6) is 0 Å². The Hall–Kier alpha value is 1.60. The second-order valence-electron chi connectivity index (χ2n) is 0.531. The molecule has 0 unspecified atom stereocenters. The van der Waals surface area contributed by atoms with Crippen LogP contribution in [0.3, 0.4) is 0 Å². The Morgan fingerprint density at radius 3 is 1.71 bits per heavy atom. The third-order valence-electron chi connectivity index (χ3n) is 0.0945. The topological polar surface area (TPSA) is 69.2 Å². The van der Waals surface area contributed by atoms with Crippen LogP contribution >= 0.6 is 22.9 Å². The van der Waals surface area contributed by atoms with Gasteiger partial charge in [0.05, 0.1) is 0 Å². The minimum Gasteiger partial charge on any atom is -0.735 e. The van der Waals surface area contributed by atoms with Gasteiger partial charge in [-0.3, -0.25) is 0 Å². The monoisotopic (exact) mass is 245 g/mol. The molecule has 0 bridgehead atoms. The largest absolute Gasteiger partial charge is 1.00 e. The summed E-state index contributed by atoms with van der Waals surface area (Å²) in [6.07, 6.45) is 0. The third kappa shape index (κ3) is 11.3. The molecular weight excluding hydrogens is 244 g/mol. The van der Waals surface area contributed by atoms with Gasteiger partial charge in [-0.15, -0.1) is 0 Å². The maximum atomic E-state index is 9.33. The van der Waals surface area contributed by atoms with Crippen LogP contribution in [0.2, 0.25) is 0 Å². The fourth-order valence-electron chi connectivity index (χ4n) is 0. The quantitative estimate of drug-likeness (QED) is 0.224. The van der Waals surface area contributed by atoms with Crippen LogP contribution in [0.15, 0.2) is 0 Å². The van der Waals surface area contributed by atoms with Crippen molar-refractivity contribution in [1.82, 2.24) is 2.94 Å². The van der Waals surface area contributed by atoms with Crippen LogP contribution in [-0.2, 0) is 10.3 Å². The van der Waals surface area contributed by atoms with E-state index in [0.717, 1.165) is 0 Å². The molecule has 0 atom stereocenters. The number of rotatable bonds is 1. The summed E-state index contributed by atoms with van der Waals surface area (Å²) in [6.45, 7) is 0. The molecule has 4 nitrogen and oxygen atoms in total. The second kappa shape index (κ2) is 4.48. The number of nitrogens with one attached hydrogen (secondary N) is 1. The van der Waals surface area contributed by atoms with E-state index >= 15 is 0 Å². The molecule has 0 spiro atoms. The Labute approximate surface area is 77.7 Å². The summed E-state index contributed by atoms with van der Waals surface area (Å²) in [5.74, 6) is 0. The van der Waals surface area contributed by atoms with Crippen molar-refractivity contribution in [3.63, 3.8) is 0 Å². The number of hydrogen-bond acceptors (Lipinski definition) is 3. The van der Waals surface area contributed by atoms with Gasteiger partial charge in [-0.05, 0) is 0 Å². The van der Waals surface area contributed by atoms with Crippen molar-refractivity contribution in [2.45, 2.75) is 0 Å². The van der Waals surface area contributed by atoms with Crippen molar-refractivity contribution in [1.29, 1.82) is 0 Å². The summed E-state index contributed by atoms with van der Waals surface area (Å²) >= 11 is 1.24. The van der Waals surface area contributed by atoms with Crippen molar-refractivity contribution < 1.29 is 42.5 Å². The molecule has 0 aliphatic heterocycles. The van der Waals surface area contributed by atoms with E-state index in [1.54, 1.807) is 0 Å². The normalized spacial score (nSPS) is 10.0. The molecular formula is HINNaO3S. The molecule has 0 amide bonds. The Bertz CT molecular complexity index is 117.